The van der Waals surface area contributed by atoms with Crippen molar-refractivity contribution in [2.75, 3.05) is 11.9 Å². The molecule has 0 bridgehead atoms. The number of para-hydroxylation sites is 1. The van der Waals surface area contributed by atoms with E-state index in [2.05, 4.69) is 101 Å². The molecule has 1 aliphatic rings. The Labute approximate surface area is 230 Å². The summed E-state index contributed by atoms with van der Waals surface area (Å²) in [4.78, 5) is 2.25. The lowest BCUT2D eigenvalue weighted by Gasteiger charge is -2.23. The number of rotatable bonds is 6. The Kier molecular flexibility index (Phi) is 7.87. The van der Waals surface area contributed by atoms with Crippen LogP contribution in [-0.2, 0) is 5.41 Å². The van der Waals surface area contributed by atoms with Crippen molar-refractivity contribution in [1.29, 1.82) is 0 Å². The van der Waals surface area contributed by atoms with Gasteiger partial charge in [-0.3, -0.25) is 0 Å². The summed E-state index contributed by atoms with van der Waals surface area (Å²) in [7, 11) is 2.11. The number of anilines is 1. The van der Waals surface area contributed by atoms with Crippen LogP contribution in [0.2, 0.25) is 0 Å². The van der Waals surface area contributed by atoms with Gasteiger partial charge in [-0.15, -0.1) is 0 Å². The zero-order valence-corrected chi connectivity index (χ0v) is 23.8. The van der Waals surface area contributed by atoms with Crippen LogP contribution >= 0.6 is 31.9 Å². The third kappa shape index (κ3) is 5.66. The van der Waals surface area contributed by atoms with Gasteiger partial charge in [-0.05, 0) is 70.8 Å². The number of hydrogen-bond acceptors (Lipinski definition) is 2. The molecule has 0 aromatic heterocycles. The molecule has 4 heteroatoms. The average Bonchev–Trinajstić information content (AvgIpc) is 3.05. The largest absolute Gasteiger partial charge is 0.507 e. The van der Waals surface area contributed by atoms with Gasteiger partial charge >= 0.3 is 0 Å². The summed E-state index contributed by atoms with van der Waals surface area (Å²) in [6.45, 7) is 8.77. The minimum Gasteiger partial charge on any atom is -0.507 e. The first-order valence-electron chi connectivity index (χ1n) is 11.7. The van der Waals surface area contributed by atoms with Gasteiger partial charge in [-0.2, -0.15) is 0 Å². The van der Waals surface area contributed by atoms with E-state index in [9.17, 15) is 5.11 Å². The molecule has 0 atom stereocenters. The molecule has 2 nitrogen and oxygen atoms in total. The predicted octanol–water partition coefficient (Wildman–Crippen LogP) is 9.62. The van der Waals surface area contributed by atoms with Crippen LogP contribution in [0, 0.1) is 0 Å². The smallest absolute Gasteiger partial charge is 0.123 e. The van der Waals surface area contributed by atoms with Crippen LogP contribution < -0.4 is 4.90 Å². The molecule has 0 saturated carbocycles. The molecule has 1 aliphatic heterocycles. The highest BCUT2D eigenvalue weighted by Gasteiger charge is 2.37. The van der Waals surface area contributed by atoms with Crippen molar-refractivity contribution in [1.82, 2.24) is 0 Å². The van der Waals surface area contributed by atoms with Gasteiger partial charge in [0.1, 0.15) is 5.76 Å². The van der Waals surface area contributed by atoms with Crippen molar-refractivity contribution in [3.05, 3.63) is 147 Å². The molecule has 3 aromatic rings. The summed E-state index contributed by atoms with van der Waals surface area (Å²) in [5.74, 6) is 0.197. The molecule has 0 spiro atoms. The number of likely N-dealkylation sites (N-methyl/N-ethyl adjacent to an activating group) is 1. The Hall–Kier alpha value is -3.08. The average molecular weight is 603 g/mol. The van der Waals surface area contributed by atoms with Crippen molar-refractivity contribution in [3.63, 3.8) is 0 Å². The Morgan fingerprint density at radius 3 is 2.06 bits per heavy atom. The Morgan fingerprint density at radius 2 is 1.44 bits per heavy atom. The molecule has 3 aromatic carbocycles. The van der Waals surface area contributed by atoms with Gasteiger partial charge < -0.3 is 10.0 Å². The molecule has 4 rings (SSSR count). The van der Waals surface area contributed by atoms with Gasteiger partial charge in [0, 0.05) is 38.4 Å². The molecule has 0 saturated heterocycles. The fourth-order valence-corrected chi connectivity index (χ4v) is 5.04. The lowest BCUT2D eigenvalue weighted by atomic mass is 9.84. The van der Waals surface area contributed by atoms with Crippen molar-refractivity contribution in [3.8, 4) is 0 Å². The highest BCUT2D eigenvalue weighted by atomic mass is 79.9. The molecule has 1 N–H and O–H groups in total. The first-order valence-corrected chi connectivity index (χ1v) is 13.3. The van der Waals surface area contributed by atoms with Gasteiger partial charge in [0.15, 0.2) is 0 Å². The Bertz CT molecular complexity index is 1390. The second-order valence-corrected chi connectivity index (χ2v) is 11.2. The summed E-state index contributed by atoms with van der Waals surface area (Å²) in [6, 6.07) is 24.2. The second kappa shape index (κ2) is 10.9. The number of aliphatic hydroxyl groups excluding tert-OH is 1. The number of aliphatic hydroxyl groups is 1. The van der Waals surface area contributed by atoms with Crippen LogP contribution in [-0.4, -0.2) is 12.2 Å². The number of fused-ring (bicyclic) bond motifs is 1. The molecule has 0 amide bonds. The molecule has 36 heavy (non-hydrogen) atoms. The van der Waals surface area contributed by atoms with E-state index in [1.54, 1.807) is 6.08 Å². The summed E-state index contributed by atoms with van der Waals surface area (Å²) in [6.07, 6.45) is 9.99. The van der Waals surface area contributed by atoms with Gasteiger partial charge in [-0.25, -0.2) is 0 Å². The van der Waals surface area contributed by atoms with E-state index >= 15 is 0 Å². The van der Waals surface area contributed by atoms with Gasteiger partial charge in [-0.1, -0.05) is 107 Å². The van der Waals surface area contributed by atoms with E-state index < -0.39 is 0 Å². The fourth-order valence-electron chi connectivity index (χ4n) is 4.51. The monoisotopic (exact) mass is 601 g/mol. The normalized spacial score (nSPS) is 16.6. The van der Waals surface area contributed by atoms with E-state index in [0.717, 1.165) is 31.2 Å². The lowest BCUT2D eigenvalue weighted by Crippen LogP contribution is -2.22. The molecule has 0 unspecified atom stereocenters. The number of halogens is 2. The number of benzene rings is 3. The maximum atomic E-state index is 10.8. The van der Waals surface area contributed by atoms with E-state index in [-0.39, 0.29) is 11.2 Å². The predicted molar refractivity (Wildman–Crippen MR) is 161 cm³/mol. The highest BCUT2D eigenvalue weighted by molar-refractivity contribution is 9.10. The van der Waals surface area contributed by atoms with Crippen molar-refractivity contribution in [2.24, 2.45) is 0 Å². The molecular formula is C32H29Br2NO. The first kappa shape index (κ1) is 26.0. The molecule has 0 aliphatic carbocycles. The van der Waals surface area contributed by atoms with Crippen LogP contribution in [0.5, 0.6) is 0 Å². The Balaban J connectivity index is 1.63. The summed E-state index contributed by atoms with van der Waals surface area (Å²) >= 11 is 6.95. The lowest BCUT2D eigenvalue weighted by molar-refractivity contribution is 0.512. The maximum absolute atomic E-state index is 10.8. The van der Waals surface area contributed by atoms with Crippen LogP contribution in [0.1, 0.15) is 30.5 Å². The first-order chi connectivity index (χ1) is 17.2. The van der Waals surface area contributed by atoms with Gasteiger partial charge in [0.25, 0.3) is 0 Å². The van der Waals surface area contributed by atoms with E-state index in [4.69, 9.17) is 0 Å². The molecule has 0 radical (unpaired) electrons. The second-order valence-electron chi connectivity index (χ2n) is 9.33. The quantitative estimate of drug-likeness (QED) is 0.224. The summed E-state index contributed by atoms with van der Waals surface area (Å²) in [5, 5.41) is 10.8. The Morgan fingerprint density at radius 1 is 0.861 bits per heavy atom. The minimum absolute atomic E-state index is 0.0748. The van der Waals surface area contributed by atoms with Gasteiger partial charge in [0.2, 0.25) is 0 Å². The number of hydrogen-bond donors (Lipinski definition) is 1. The van der Waals surface area contributed by atoms with Crippen LogP contribution in [0.25, 0.3) is 11.3 Å². The summed E-state index contributed by atoms with van der Waals surface area (Å²) < 4.78 is 1.97. The topological polar surface area (TPSA) is 23.5 Å². The highest BCUT2D eigenvalue weighted by Crippen LogP contribution is 2.46. The SMILES string of the molecule is C=C(/C=C/C=C1/N(C)c2ccccc2C1(C)C)/C=C(\C=C(/O)c1ccc(Br)cc1)c1ccc(Br)cc1. The minimum atomic E-state index is -0.0748. The van der Waals surface area contributed by atoms with Crippen LogP contribution in [0.15, 0.2) is 130 Å². The van der Waals surface area contributed by atoms with E-state index in [1.807, 2.05) is 60.7 Å². The molecule has 1 heterocycles. The number of nitrogens with zero attached hydrogens (tertiary/aromatic N) is 1. The zero-order valence-electron chi connectivity index (χ0n) is 20.7. The van der Waals surface area contributed by atoms with E-state index in [1.165, 1.54) is 16.9 Å². The summed E-state index contributed by atoms with van der Waals surface area (Å²) in [5.41, 5.74) is 7.17. The fraction of sp³-hybridized carbons (Fsp3) is 0.125. The van der Waals surface area contributed by atoms with Crippen molar-refractivity contribution < 1.29 is 5.11 Å². The van der Waals surface area contributed by atoms with Crippen molar-refractivity contribution in [2.45, 2.75) is 19.3 Å². The standard InChI is InChI=1S/C32H29Br2NO/c1-22(8-7-11-31-32(2,3)28-9-5-6-10-29(28)35(31)4)20-25(23-12-16-26(33)17-13-23)21-30(36)24-14-18-27(34)19-15-24/h5-21,36H,1H2,2-4H3/b8-7+,25-20+,30-21-,31-11+. The third-order valence-corrected chi connectivity index (χ3v) is 7.51. The molecule has 0 fully saturated rings. The third-order valence-electron chi connectivity index (χ3n) is 6.46. The van der Waals surface area contributed by atoms with Crippen LogP contribution in [0.4, 0.5) is 5.69 Å². The molecule has 182 valence electrons. The zero-order chi connectivity index (χ0) is 25.9. The van der Waals surface area contributed by atoms with E-state index in [0.29, 0.717) is 0 Å². The van der Waals surface area contributed by atoms with Crippen molar-refractivity contribution >= 4 is 48.9 Å². The van der Waals surface area contributed by atoms with Gasteiger partial charge in [0.05, 0.1) is 0 Å². The number of allylic oxidation sites excluding steroid dienone is 8. The molecular weight excluding hydrogens is 574 g/mol. The maximum Gasteiger partial charge on any atom is 0.123 e. The van der Waals surface area contributed by atoms with Crippen LogP contribution in [0.3, 0.4) is 0 Å².